The molecule has 0 aromatic carbocycles. The Morgan fingerprint density at radius 3 is 1.93 bits per heavy atom. The van der Waals surface area contributed by atoms with Gasteiger partial charge in [0.15, 0.2) is 0 Å². The van der Waals surface area contributed by atoms with Gasteiger partial charge in [-0.25, -0.2) is 0 Å². The molecule has 0 saturated carbocycles. The van der Waals surface area contributed by atoms with Crippen molar-refractivity contribution in [3.8, 4) is 0 Å². The van der Waals surface area contributed by atoms with E-state index in [4.69, 9.17) is 0 Å². The molecule has 0 radical (unpaired) electrons. The van der Waals surface area contributed by atoms with Gasteiger partial charge < -0.3 is 14.0 Å². The van der Waals surface area contributed by atoms with E-state index >= 15 is 0 Å². The van der Waals surface area contributed by atoms with Crippen molar-refractivity contribution >= 4 is 8.25 Å². The predicted octanol–water partition coefficient (Wildman–Crippen LogP) is -0.102. The van der Waals surface area contributed by atoms with Crippen LogP contribution < -0.4 is 34.5 Å². The number of hydrogen-bond donors (Lipinski definition) is 0. The fourth-order valence-electron chi connectivity index (χ4n) is 1.39. The summed E-state index contributed by atoms with van der Waals surface area (Å²) < 4.78 is 14.5. The van der Waals surface area contributed by atoms with Gasteiger partial charge in [-0.05, 0) is 6.42 Å². The van der Waals surface area contributed by atoms with E-state index in [-0.39, 0.29) is 29.6 Å². The second-order valence-corrected chi connectivity index (χ2v) is 4.36. The van der Waals surface area contributed by atoms with Crippen molar-refractivity contribution in [1.29, 1.82) is 0 Å². The summed E-state index contributed by atoms with van der Waals surface area (Å²) in [5.41, 5.74) is 0. The summed E-state index contributed by atoms with van der Waals surface area (Å²) in [6.07, 6.45) is 9.69. The van der Waals surface area contributed by atoms with Crippen LogP contribution in [0.25, 0.3) is 0 Å². The van der Waals surface area contributed by atoms with Crippen LogP contribution in [0, 0.1) is 0 Å². The normalized spacial score (nSPS) is 12.1. The molecule has 0 bridgehead atoms. The van der Waals surface area contributed by atoms with E-state index in [9.17, 15) is 9.46 Å². The third-order valence-corrected chi connectivity index (χ3v) is 2.66. The van der Waals surface area contributed by atoms with Crippen molar-refractivity contribution in [3.05, 3.63) is 0 Å². The summed E-state index contributed by atoms with van der Waals surface area (Å²) in [6, 6.07) is 0. The van der Waals surface area contributed by atoms with E-state index in [2.05, 4.69) is 11.4 Å². The summed E-state index contributed by atoms with van der Waals surface area (Å²) in [5, 5.41) is 0. The van der Waals surface area contributed by atoms with Crippen LogP contribution >= 0.6 is 8.25 Å². The van der Waals surface area contributed by atoms with Crippen LogP contribution in [-0.4, -0.2) is 6.61 Å². The van der Waals surface area contributed by atoms with Crippen molar-refractivity contribution in [2.45, 2.75) is 58.3 Å². The molecule has 0 N–H and O–H groups in total. The fraction of sp³-hybridized carbons (Fsp3) is 1.00. The van der Waals surface area contributed by atoms with Gasteiger partial charge in [-0.1, -0.05) is 51.9 Å². The molecule has 0 amide bonds. The van der Waals surface area contributed by atoms with Crippen LogP contribution in [0.3, 0.4) is 0 Å². The molecule has 0 aliphatic heterocycles. The zero-order valence-corrected chi connectivity index (χ0v) is 13.1. The molecule has 0 spiro atoms. The first-order valence-corrected chi connectivity index (χ1v) is 6.83. The minimum atomic E-state index is -2.94. The molecular formula is C10H22NaO3P. The van der Waals surface area contributed by atoms with E-state index < -0.39 is 8.25 Å². The molecule has 5 heteroatoms. The maximum absolute atomic E-state index is 10.1. The second-order valence-electron chi connectivity index (χ2n) is 3.57. The molecule has 86 valence electrons. The maximum atomic E-state index is 10.1. The average molecular weight is 244 g/mol. The van der Waals surface area contributed by atoms with Crippen molar-refractivity contribution in [2.75, 3.05) is 6.61 Å². The van der Waals surface area contributed by atoms with Crippen LogP contribution in [-0.2, 0) is 9.09 Å². The largest absolute Gasteiger partial charge is 1.00 e. The molecule has 0 heterocycles. The Hall–Kier alpha value is 1.15. The van der Waals surface area contributed by atoms with Crippen molar-refractivity contribution in [3.63, 3.8) is 0 Å². The van der Waals surface area contributed by atoms with E-state index in [1.807, 2.05) is 0 Å². The van der Waals surface area contributed by atoms with Crippen LogP contribution in [0.15, 0.2) is 0 Å². The second kappa shape index (κ2) is 15.1. The van der Waals surface area contributed by atoms with Gasteiger partial charge in [0, 0.05) is 0 Å². The SMILES string of the molecule is CCCCCCCCCCO[PH](=O)[O-].[Na+]. The maximum Gasteiger partial charge on any atom is 1.00 e. The van der Waals surface area contributed by atoms with E-state index in [1.165, 1.54) is 38.5 Å². The Balaban J connectivity index is 0. The van der Waals surface area contributed by atoms with Crippen molar-refractivity contribution in [2.24, 2.45) is 0 Å². The van der Waals surface area contributed by atoms with Gasteiger partial charge in [-0.3, -0.25) is 0 Å². The van der Waals surface area contributed by atoms with Gasteiger partial charge in [0.05, 0.1) is 6.61 Å². The summed E-state index contributed by atoms with van der Waals surface area (Å²) in [6.45, 7) is 2.58. The molecule has 0 aromatic rings. The van der Waals surface area contributed by atoms with Gasteiger partial charge in [-0.15, -0.1) is 0 Å². The van der Waals surface area contributed by atoms with Crippen molar-refractivity contribution in [1.82, 2.24) is 0 Å². The first kappa shape index (κ1) is 18.5. The van der Waals surface area contributed by atoms with E-state index in [0.29, 0.717) is 6.61 Å². The summed E-state index contributed by atoms with van der Waals surface area (Å²) in [5.74, 6) is 0. The Morgan fingerprint density at radius 2 is 1.47 bits per heavy atom. The van der Waals surface area contributed by atoms with Gasteiger partial charge >= 0.3 is 29.6 Å². The Bertz CT molecular complexity index is 145. The zero-order valence-electron chi connectivity index (χ0n) is 10.1. The smallest absolute Gasteiger partial charge is 0.781 e. The van der Waals surface area contributed by atoms with Crippen LogP contribution in [0.1, 0.15) is 58.3 Å². The van der Waals surface area contributed by atoms with Gasteiger partial charge in [0.2, 0.25) is 0 Å². The third kappa shape index (κ3) is 17.7. The van der Waals surface area contributed by atoms with E-state index in [0.717, 1.165) is 12.8 Å². The Kier molecular flexibility index (Phi) is 18.7. The summed E-state index contributed by atoms with van der Waals surface area (Å²) >= 11 is 0. The molecule has 1 unspecified atom stereocenters. The number of rotatable bonds is 10. The standard InChI is InChI=1S/C10H23O3P.Na/c1-2-3-4-5-6-7-8-9-10-13-14(11)12;/h14H,2-10H2,1H3,(H,11,12);/q;+1/p-1. The zero-order chi connectivity index (χ0) is 10.6. The van der Waals surface area contributed by atoms with Gasteiger partial charge in [0.1, 0.15) is 8.25 Å². The molecule has 0 aromatic heterocycles. The Labute approximate surface area is 116 Å². The molecule has 0 saturated heterocycles. The van der Waals surface area contributed by atoms with Crippen molar-refractivity contribution < 1.29 is 43.5 Å². The fourth-order valence-corrected chi connectivity index (χ4v) is 1.70. The average Bonchev–Trinajstić information content (AvgIpc) is 2.15. The molecule has 0 aliphatic rings. The minimum Gasteiger partial charge on any atom is -0.781 e. The summed E-state index contributed by atoms with van der Waals surface area (Å²) in [7, 11) is -2.94. The quantitative estimate of drug-likeness (QED) is 0.306. The first-order chi connectivity index (χ1) is 6.77. The molecular weight excluding hydrogens is 222 g/mol. The first-order valence-electron chi connectivity index (χ1n) is 5.61. The molecule has 3 nitrogen and oxygen atoms in total. The molecule has 0 fully saturated rings. The van der Waals surface area contributed by atoms with E-state index in [1.54, 1.807) is 0 Å². The minimum absolute atomic E-state index is 0. The number of hydrogen-bond acceptors (Lipinski definition) is 3. The van der Waals surface area contributed by atoms with Gasteiger partial charge in [0.25, 0.3) is 0 Å². The Morgan fingerprint density at radius 1 is 1.00 bits per heavy atom. The predicted molar refractivity (Wildman–Crippen MR) is 57.6 cm³/mol. The molecule has 1 atom stereocenters. The van der Waals surface area contributed by atoms with Crippen LogP contribution in [0.4, 0.5) is 0 Å². The topological polar surface area (TPSA) is 49.4 Å². The summed E-state index contributed by atoms with van der Waals surface area (Å²) in [4.78, 5) is 10.1. The molecule has 0 rings (SSSR count). The number of unbranched alkanes of at least 4 members (excludes halogenated alkanes) is 7. The van der Waals surface area contributed by atoms with Crippen LogP contribution in [0.2, 0.25) is 0 Å². The monoisotopic (exact) mass is 244 g/mol. The van der Waals surface area contributed by atoms with Gasteiger partial charge in [-0.2, -0.15) is 0 Å². The van der Waals surface area contributed by atoms with Crippen LogP contribution in [0.5, 0.6) is 0 Å². The molecule has 0 aliphatic carbocycles. The third-order valence-electron chi connectivity index (χ3n) is 2.22. The molecule has 15 heavy (non-hydrogen) atoms.